The number of ether oxygens (including phenoxy) is 1. The molecule has 0 spiro atoms. The lowest BCUT2D eigenvalue weighted by Gasteiger charge is -2.21. The maximum Gasteiger partial charge on any atom is 0.0681 e. The highest BCUT2D eigenvalue weighted by molar-refractivity contribution is 5.08. The zero-order valence-electron chi connectivity index (χ0n) is 7.72. The Morgan fingerprint density at radius 1 is 1.08 bits per heavy atom. The van der Waals surface area contributed by atoms with Gasteiger partial charge in [0.2, 0.25) is 0 Å². The van der Waals surface area contributed by atoms with Crippen LogP contribution in [-0.2, 0) is 4.74 Å². The van der Waals surface area contributed by atoms with E-state index >= 15 is 0 Å². The van der Waals surface area contributed by atoms with Crippen molar-refractivity contribution in [1.82, 2.24) is 0 Å². The molecule has 68 valence electrons. The van der Waals surface area contributed by atoms with E-state index in [0.717, 1.165) is 6.61 Å². The molecule has 1 saturated heterocycles. The number of fused-ring (bicyclic) bond motifs is 1. The minimum Gasteiger partial charge on any atom is -0.373 e. The lowest BCUT2D eigenvalue weighted by atomic mass is 9.86. The summed E-state index contributed by atoms with van der Waals surface area (Å²) in [5, 5.41) is 0. The lowest BCUT2D eigenvalue weighted by molar-refractivity contribution is 0.0751. The van der Waals surface area contributed by atoms with Crippen LogP contribution in [0.25, 0.3) is 0 Å². The van der Waals surface area contributed by atoms with E-state index in [4.69, 9.17) is 4.74 Å². The van der Waals surface area contributed by atoms with Crippen LogP contribution in [0.3, 0.4) is 0 Å². The highest BCUT2D eigenvalue weighted by Gasteiger charge is 2.30. The first-order chi connectivity index (χ1) is 5.88. The first-order valence-electron chi connectivity index (χ1n) is 5.17. The van der Waals surface area contributed by atoms with Gasteiger partial charge in [-0.2, -0.15) is 0 Å². The Labute approximate surface area is 74.8 Å². The molecule has 2 fully saturated rings. The molecule has 1 aliphatic heterocycles. The Morgan fingerprint density at radius 2 is 1.83 bits per heavy atom. The second kappa shape index (κ2) is 3.61. The van der Waals surface area contributed by atoms with Gasteiger partial charge in [-0.15, -0.1) is 0 Å². The van der Waals surface area contributed by atoms with E-state index in [1.54, 1.807) is 0 Å². The topological polar surface area (TPSA) is 9.23 Å². The fourth-order valence-corrected chi connectivity index (χ4v) is 2.44. The molecule has 0 aromatic heterocycles. The van der Waals surface area contributed by atoms with E-state index < -0.39 is 0 Å². The molecule has 0 radical (unpaired) electrons. The van der Waals surface area contributed by atoms with Crippen molar-refractivity contribution in [3.8, 4) is 0 Å². The second-order valence-electron chi connectivity index (χ2n) is 4.11. The van der Waals surface area contributed by atoms with Gasteiger partial charge in [0.25, 0.3) is 0 Å². The molecule has 0 amide bonds. The van der Waals surface area contributed by atoms with Gasteiger partial charge in [0.15, 0.2) is 0 Å². The molecule has 0 bridgehead atoms. The van der Waals surface area contributed by atoms with Gasteiger partial charge in [0.1, 0.15) is 0 Å². The maximum absolute atomic E-state index is 5.71. The maximum atomic E-state index is 5.71. The highest BCUT2D eigenvalue weighted by atomic mass is 16.5. The molecule has 0 aromatic rings. The van der Waals surface area contributed by atoms with Crippen LogP contribution in [0.4, 0.5) is 0 Å². The third-order valence-corrected chi connectivity index (χ3v) is 3.21. The quantitative estimate of drug-likeness (QED) is 0.503. The summed E-state index contributed by atoms with van der Waals surface area (Å²) in [5.74, 6) is 0.699. The summed E-state index contributed by atoms with van der Waals surface area (Å²) in [7, 11) is 0. The second-order valence-corrected chi connectivity index (χ2v) is 4.11. The monoisotopic (exact) mass is 166 g/mol. The largest absolute Gasteiger partial charge is 0.373 e. The first-order valence-corrected chi connectivity index (χ1v) is 5.17. The van der Waals surface area contributed by atoms with Crippen LogP contribution in [0.5, 0.6) is 0 Å². The first kappa shape index (κ1) is 8.31. The van der Waals surface area contributed by atoms with Crippen molar-refractivity contribution in [1.29, 1.82) is 0 Å². The van der Waals surface area contributed by atoms with Gasteiger partial charge >= 0.3 is 0 Å². The van der Waals surface area contributed by atoms with E-state index in [-0.39, 0.29) is 0 Å². The summed E-state index contributed by atoms with van der Waals surface area (Å²) in [4.78, 5) is 0. The number of rotatable bonds is 0. The number of hydrogen-bond acceptors (Lipinski definition) is 1. The van der Waals surface area contributed by atoms with E-state index in [9.17, 15) is 0 Å². The zero-order chi connectivity index (χ0) is 8.39. The van der Waals surface area contributed by atoms with Gasteiger partial charge in [-0.25, -0.2) is 0 Å². The van der Waals surface area contributed by atoms with Crippen LogP contribution >= 0.6 is 0 Å². The van der Waals surface area contributed by atoms with Gasteiger partial charge < -0.3 is 4.74 Å². The van der Waals surface area contributed by atoms with Gasteiger partial charge in [0.05, 0.1) is 12.7 Å². The molecular formula is C11H18O. The summed E-state index contributed by atoms with van der Waals surface area (Å²) >= 11 is 0. The minimum atomic E-state index is 0.526. The van der Waals surface area contributed by atoms with Gasteiger partial charge in [-0.1, -0.05) is 32.3 Å². The molecule has 1 saturated carbocycles. The van der Waals surface area contributed by atoms with E-state index in [1.165, 1.54) is 44.1 Å². The molecule has 1 heteroatoms. The predicted molar refractivity (Wildman–Crippen MR) is 50.1 cm³/mol. The van der Waals surface area contributed by atoms with Crippen LogP contribution in [-0.4, -0.2) is 12.7 Å². The summed E-state index contributed by atoms with van der Waals surface area (Å²) < 4.78 is 5.71. The molecule has 0 aromatic carbocycles. The number of hydrogen-bond donors (Lipinski definition) is 0. The summed E-state index contributed by atoms with van der Waals surface area (Å²) in [6.45, 7) is 4.91. The van der Waals surface area contributed by atoms with Crippen molar-refractivity contribution < 1.29 is 4.74 Å². The highest BCUT2D eigenvalue weighted by Crippen LogP contribution is 2.34. The zero-order valence-corrected chi connectivity index (χ0v) is 7.72. The van der Waals surface area contributed by atoms with Crippen molar-refractivity contribution >= 4 is 0 Å². The molecule has 1 nitrogen and oxygen atoms in total. The van der Waals surface area contributed by atoms with Crippen LogP contribution < -0.4 is 0 Å². The van der Waals surface area contributed by atoms with E-state index in [1.807, 2.05) is 0 Å². The summed E-state index contributed by atoms with van der Waals surface area (Å²) in [5.41, 5.74) is 1.35. The average Bonchev–Trinajstić information content (AvgIpc) is 2.31. The summed E-state index contributed by atoms with van der Waals surface area (Å²) in [6.07, 6.45) is 8.67. The van der Waals surface area contributed by atoms with Gasteiger partial charge in [0, 0.05) is 5.92 Å². The molecule has 2 rings (SSSR count). The van der Waals surface area contributed by atoms with E-state index in [0.29, 0.717) is 12.0 Å². The van der Waals surface area contributed by atoms with Crippen molar-refractivity contribution in [2.75, 3.05) is 6.61 Å². The van der Waals surface area contributed by atoms with Crippen LogP contribution in [0, 0.1) is 5.92 Å². The van der Waals surface area contributed by atoms with Crippen LogP contribution in [0.2, 0.25) is 0 Å². The lowest BCUT2D eigenvalue weighted by Crippen LogP contribution is -2.18. The smallest absolute Gasteiger partial charge is 0.0681 e. The normalized spacial score (nSPS) is 37.2. The van der Waals surface area contributed by atoms with Crippen LogP contribution in [0.1, 0.15) is 38.5 Å². The SMILES string of the molecule is C=C1CO[C@@H]2CCCCCC[C@H]12. The van der Waals surface area contributed by atoms with Crippen molar-refractivity contribution in [2.45, 2.75) is 44.6 Å². The van der Waals surface area contributed by atoms with Crippen molar-refractivity contribution in [3.63, 3.8) is 0 Å². The Morgan fingerprint density at radius 3 is 2.67 bits per heavy atom. The van der Waals surface area contributed by atoms with Crippen LogP contribution in [0.15, 0.2) is 12.2 Å². The Bertz CT molecular complexity index is 174. The molecule has 1 aliphatic carbocycles. The Kier molecular flexibility index (Phi) is 2.50. The fraction of sp³-hybridized carbons (Fsp3) is 0.818. The standard InChI is InChI=1S/C11H18O/c1-9-8-12-11-7-5-3-2-4-6-10(9)11/h10-11H,1-8H2/t10-,11-/m1/s1. The molecule has 1 heterocycles. The molecule has 12 heavy (non-hydrogen) atoms. The molecular weight excluding hydrogens is 148 g/mol. The summed E-state index contributed by atoms with van der Waals surface area (Å²) in [6, 6.07) is 0. The molecule has 2 aliphatic rings. The third kappa shape index (κ3) is 1.56. The fourth-order valence-electron chi connectivity index (χ4n) is 2.44. The predicted octanol–water partition coefficient (Wildman–Crippen LogP) is 2.91. The molecule has 0 unspecified atom stereocenters. The molecule has 2 atom stereocenters. The van der Waals surface area contributed by atoms with Gasteiger partial charge in [-0.05, 0) is 18.4 Å². The molecule has 0 N–H and O–H groups in total. The minimum absolute atomic E-state index is 0.526. The Balaban J connectivity index is 2.00. The van der Waals surface area contributed by atoms with E-state index in [2.05, 4.69) is 6.58 Å². The third-order valence-electron chi connectivity index (χ3n) is 3.21. The van der Waals surface area contributed by atoms with Gasteiger partial charge in [-0.3, -0.25) is 0 Å². The Hall–Kier alpha value is -0.300. The average molecular weight is 166 g/mol. The van der Waals surface area contributed by atoms with Crippen molar-refractivity contribution in [2.24, 2.45) is 5.92 Å². The van der Waals surface area contributed by atoms with Crippen molar-refractivity contribution in [3.05, 3.63) is 12.2 Å².